The van der Waals surface area contributed by atoms with E-state index in [0.717, 1.165) is 28.2 Å². The number of nitrogens with zero attached hydrogens (tertiary/aromatic N) is 3. The molecule has 7 heteroatoms. The van der Waals surface area contributed by atoms with Crippen LogP contribution in [0.15, 0.2) is 27.4 Å². The molecular formula is C16H20N4O3. The highest BCUT2D eigenvalue weighted by Crippen LogP contribution is 2.20. The first-order valence-corrected chi connectivity index (χ1v) is 7.48. The Morgan fingerprint density at radius 3 is 2.87 bits per heavy atom. The molecule has 3 rings (SSSR count). The molecule has 122 valence electrons. The number of anilines is 1. The Morgan fingerprint density at radius 2 is 2.13 bits per heavy atom. The molecule has 0 amide bonds. The Labute approximate surface area is 133 Å². The van der Waals surface area contributed by atoms with Crippen molar-refractivity contribution in [2.75, 3.05) is 11.9 Å². The molecule has 0 radical (unpaired) electrons. The van der Waals surface area contributed by atoms with Gasteiger partial charge in [0, 0.05) is 36.6 Å². The van der Waals surface area contributed by atoms with E-state index >= 15 is 0 Å². The van der Waals surface area contributed by atoms with Crippen LogP contribution in [0, 0.1) is 13.8 Å². The lowest BCUT2D eigenvalue weighted by atomic mass is 10.2. The van der Waals surface area contributed by atoms with Crippen LogP contribution in [0.4, 0.5) is 5.69 Å². The van der Waals surface area contributed by atoms with Crippen molar-refractivity contribution in [3.05, 3.63) is 45.7 Å². The lowest BCUT2D eigenvalue weighted by Gasteiger charge is -2.07. The molecule has 0 spiro atoms. The van der Waals surface area contributed by atoms with Crippen molar-refractivity contribution in [1.29, 1.82) is 0 Å². The second-order valence-electron chi connectivity index (χ2n) is 5.56. The number of aliphatic hydroxyl groups is 1. The highest BCUT2D eigenvalue weighted by Gasteiger charge is 2.11. The Bertz CT molecular complexity index is 904. The number of rotatable bonds is 5. The van der Waals surface area contributed by atoms with Gasteiger partial charge in [0.1, 0.15) is 0 Å². The molecule has 0 saturated heterocycles. The molecule has 0 aliphatic rings. The fourth-order valence-electron chi connectivity index (χ4n) is 2.74. The van der Waals surface area contributed by atoms with Gasteiger partial charge in [-0.05, 0) is 26.0 Å². The molecule has 23 heavy (non-hydrogen) atoms. The normalized spacial score (nSPS) is 11.3. The standard InChI is InChI=1S/C16H20N4O3/c1-10-13(11(2)20(18-10)6-7-21)9-17-12-4-5-14-15(8-12)23-16(22)19(14)3/h4-5,8,17,21H,6-7,9H2,1-3H3. The molecule has 0 atom stereocenters. The molecule has 0 fully saturated rings. The van der Waals surface area contributed by atoms with Crippen LogP contribution in [0.1, 0.15) is 17.0 Å². The smallest absolute Gasteiger partial charge is 0.408 e. The number of oxazole rings is 1. The third-order valence-electron chi connectivity index (χ3n) is 4.10. The SMILES string of the molecule is Cc1nn(CCO)c(C)c1CNc1ccc2c(c1)oc(=O)n2C. The van der Waals surface area contributed by atoms with Crippen molar-refractivity contribution in [2.24, 2.45) is 7.05 Å². The fraction of sp³-hybridized carbons (Fsp3) is 0.375. The summed E-state index contributed by atoms with van der Waals surface area (Å²) in [6.07, 6.45) is 0. The molecular weight excluding hydrogens is 296 g/mol. The fourth-order valence-corrected chi connectivity index (χ4v) is 2.74. The monoisotopic (exact) mass is 316 g/mol. The summed E-state index contributed by atoms with van der Waals surface area (Å²) in [5, 5.41) is 16.8. The average molecular weight is 316 g/mol. The number of aryl methyl sites for hydroxylation is 2. The first-order chi connectivity index (χ1) is 11.0. The van der Waals surface area contributed by atoms with Crippen molar-refractivity contribution >= 4 is 16.8 Å². The Hall–Kier alpha value is -2.54. The molecule has 2 aromatic heterocycles. The molecule has 0 aliphatic carbocycles. The van der Waals surface area contributed by atoms with Gasteiger partial charge in [0.2, 0.25) is 0 Å². The van der Waals surface area contributed by atoms with Crippen LogP contribution in [-0.4, -0.2) is 26.1 Å². The van der Waals surface area contributed by atoms with E-state index in [-0.39, 0.29) is 12.4 Å². The van der Waals surface area contributed by atoms with E-state index in [4.69, 9.17) is 9.52 Å². The maximum Gasteiger partial charge on any atom is 0.419 e. The summed E-state index contributed by atoms with van der Waals surface area (Å²) < 4.78 is 8.49. The molecule has 3 aromatic rings. The first kappa shape index (κ1) is 15.4. The highest BCUT2D eigenvalue weighted by molar-refractivity contribution is 5.77. The van der Waals surface area contributed by atoms with E-state index in [9.17, 15) is 4.79 Å². The van der Waals surface area contributed by atoms with Gasteiger partial charge in [-0.3, -0.25) is 9.25 Å². The Kier molecular flexibility index (Phi) is 3.96. The van der Waals surface area contributed by atoms with Crippen LogP contribution in [0.3, 0.4) is 0 Å². The zero-order valence-electron chi connectivity index (χ0n) is 13.5. The van der Waals surface area contributed by atoms with Crippen LogP contribution in [-0.2, 0) is 20.1 Å². The van der Waals surface area contributed by atoms with E-state index in [1.165, 1.54) is 4.57 Å². The van der Waals surface area contributed by atoms with Gasteiger partial charge in [-0.2, -0.15) is 5.10 Å². The van der Waals surface area contributed by atoms with Gasteiger partial charge < -0.3 is 14.8 Å². The van der Waals surface area contributed by atoms with Crippen LogP contribution in [0.25, 0.3) is 11.1 Å². The minimum Gasteiger partial charge on any atom is -0.408 e. The molecule has 0 aliphatic heterocycles. The summed E-state index contributed by atoms with van der Waals surface area (Å²) in [4.78, 5) is 11.5. The largest absolute Gasteiger partial charge is 0.419 e. The summed E-state index contributed by atoms with van der Waals surface area (Å²) in [7, 11) is 1.68. The van der Waals surface area contributed by atoms with Crippen LogP contribution in [0.5, 0.6) is 0 Å². The summed E-state index contributed by atoms with van der Waals surface area (Å²) >= 11 is 0. The quantitative estimate of drug-likeness (QED) is 0.746. The van der Waals surface area contributed by atoms with Crippen LogP contribution >= 0.6 is 0 Å². The molecule has 0 unspecified atom stereocenters. The Morgan fingerprint density at radius 1 is 1.35 bits per heavy atom. The second-order valence-corrected chi connectivity index (χ2v) is 5.56. The number of benzene rings is 1. The number of aliphatic hydroxyl groups excluding tert-OH is 1. The molecule has 0 bridgehead atoms. The Balaban J connectivity index is 1.82. The highest BCUT2D eigenvalue weighted by atomic mass is 16.4. The second kappa shape index (κ2) is 5.92. The molecule has 0 saturated carbocycles. The number of hydrogen-bond acceptors (Lipinski definition) is 5. The third kappa shape index (κ3) is 2.75. The van der Waals surface area contributed by atoms with Gasteiger partial charge in [-0.15, -0.1) is 0 Å². The van der Waals surface area contributed by atoms with E-state index in [1.807, 2.05) is 36.7 Å². The maximum atomic E-state index is 11.5. The van der Waals surface area contributed by atoms with Crippen molar-refractivity contribution in [1.82, 2.24) is 14.3 Å². The first-order valence-electron chi connectivity index (χ1n) is 7.48. The lowest BCUT2D eigenvalue weighted by molar-refractivity contribution is 0.268. The van der Waals surface area contributed by atoms with E-state index in [2.05, 4.69) is 10.4 Å². The summed E-state index contributed by atoms with van der Waals surface area (Å²) in [5.74, 6) is -0.367. The predicted molar refractivity (Wildman–Crippen MR) is 87.6 cm³/mol. The van der Waals surface area contributed by atoms with Gasteiger partial charge >= 0.3 is 5.76 Å². The summed E-state index contributed by atoms with van der Waals surface area (Å²) in [6.45, 7) is 5.13. The minimum atomic E-state index is -0.367. The van der Waals surface area contributed by atoms with Crippen molar-refractivity contribution < 1.29 is 9.52 Å². The van der Waals surface area contributed by atoms with Crippen molar-refractivity contribution in [2.45, 2.75) is 26.9 Å². The minimum absolute atomic E-state index is 0.0680. The topological polar surface area (TPSA) is 85.2 Å². The average Bonchev–Trinajstić information content (AvgIpc) is 2.95. The van der Waals surface area contributed by atoms with Crippen molar-refractivity contribution in [3.63, 3.8) is 0 Å². The lowest BCUT2D eigenvalue weighted by Crippen LogP contribution is -2.08. The van der Waals surface area contributed by atoms with E-state index < -0.39 is 0 Å². The summed E-state index contributed by atoms with van der Waals surface area (Å²) in [6, 6.07) is 5.59. The molecule has 7 nitrogen and oxygen atoms in total. The van der Waals surface area contributed by atoms with Crippen LogP contribution in [0.2, 0.25) is 0 Å². The van der Waals surface area contributed by atoms with Gasteiger partial charge in [-0.25, -0.2) is 4.79 Å². The van der Waals surface area contributed by atoms with Gasteiger partial charge in [0.25, 0.3) is 0 Å². The zero-order valence-corrected chi connectivity index (χ0v) is 13.5. The number of aromatic nitrogens is 3. The zero-order chi connectivity index (χ0) is 16.6. The van der Waals surface area contributed by atoms with Gasteiger partial charge in [0.05, 0.1) is 24.4 Å². The summed E-state index contributed by atoms with van der Waals surface area (Å²) in [5.41, 5.74) is 5.29. The maximum absolute atomic E-state index is 11.5. The van der Waals surface area contributed by atoms with E-state index in [0.29, 0.717) is 18.7 Å². The molecule has 2 N–H and O–H groups in total. The van der Waals surface area contributed by atoms with Gasteiger partial charge in [-0.1, -0.05) is 0 Å². The van der Waals surface area contributed by atoms with E-state index in [1.54, 1.807) is 7.05 Å². The van der Waals surface area contributed by atoms with Crippen LogP contribution < -0.4 is 11.1 Å². The number of hydrogen-bond donors (Lipinski definition) is 2. The molecule has 2 heterocycles. The number of fused-ring (bicyclic) bond motifs is 1. The predicted octanol–water partition coefficient (Wildman–Crippen LogP) is 1.55. The molecule has 1 aromatic carbocycles. The van der Waals surface area contributed by atoms with Crippen molar-refractivity contribution in [3.8, 4) is 0 Å². The van der Waals surface area contributed by atoms with Gasteiger partial charge in [0.15, 0.2) is 5.58 Å². The third-order valence-corrected chi connectivity index (χ3v) is 4.10. The number of nitrogens with one attached hydrogen (secondary N) is 1.